The van der Waals surface area contributed by atoms with Crippen LogP contribution in [0, 0.1) is 0 Å². The van der Waals surface area contributed by atoms with Gasteiger partial charge < -0.3 is 10.4 Å². The summed E-state index contributed by atoms with van der Waals surface area (Å²) in [4.78, 5) is 0. The lowest BCUT2D eigenvalue weighted by Gasteiger charge is -2.28. The molecule has 0 radical (unpaired) electrons. The van der Waals surface area contributed by atoms with Crippen molar-refractivity contribution in [3.8, 4) is 0 Å². The first-order valence-electron chi connectivity index (χ1n) is 7.17. The van der Waals surface area contributed by atoms with Crippen molar-refractivity contribution in [3.05, 3.63) is 0 Å². The molecule has 2 nitrogen and oxygen atoms in total. The molecule has 1 aliphatic rings. The van der Waals surface area contributed by atoms with Crippen LogP contribution in [0.5, 0.6) is 0 Å². The molecule has 17 heavy (non-hydrogen) atoms. The highest BCUT2D eigenvalue weighted by Gasteiger charge is 2.21. The van der Waals surface area contributed by atoms with E-state index in [2.05, 4.69) is 30.9 Å². The first kappa shape index (κ1) is 15.3. The summed E-state index contributed by atoms with van der Waals surface area (Å²) in [7, 11) is 0. The van der Waals surface area contributed by atoms with E-state index in [1.807, 2.05) is 0 Å². The highest BCUT2D eigenvalue weighted by atomic mass is 32.2. The zero-order valence-corrected chi connectivity index (χ0v) is 12.3. The van der Waals surface area contributed by atoms with Gasteiger partial charge >= 0.3 is 0 Å². The fourth-order valence-corrected chi connectivity index (χ4v) is 3.94. The fraction of sp³-hybridized carbons (Fsp3) is 1.00. The van der Waals surface area contributed by atoms with E-state index < -0.39 is 0 Å². The van der Waals surface area contributed by atoms with Gasteiger partial charge in [0.05, 0.1) is 6.61 Å². The molecule has 0 bridgehead atoms. The topological polar surface area (TPSA) is 32.3 Å². The third-order valence-corrected chi connectivity index (χ3v) is 5.20. The van der Waals surface area contributed by atoms with E-state index in [1.165, 1.54) is 44.3 Å². The van der Waals surface area contributed by atoms with Gasteiger partial charge in [0.25, 0.3) is 0 Å². The van der Waals surface area contributed by atoms with Crippen LogP contribution in [-0.4, -0.2) is 34.8 Å². The highest BCUT2D eigenvalue weighted by molar-refractivity contribution is 7.99. The van der Waals surface area contributed by atoms with Crippen LogP contribution in [0.2, 0.25) is 0 Å². The Hall–Kier alpha value is 0.270. The summed E-state index contributed by atoms with van der Waals surface area (Å²) in [6.07, 6.45) is 9.38. The lowest BCUT2D eigenvalue weighted by atomic mass is 9.96. The minimum atomic E-state index is -0.0627. The summed E-state index contributed by atoms with van der Waals surface area (Å²) in [5, 5.41) is 13.7. The summed E-state index contributed by atoms with van der Waals surface area (Å²) in [5.41, 5.74) is -0.0627. The molecule has 1 atom stereocenters. The van der Waals surface area contributed by atoms with Gasteiger partial charge in [-0.25, -0.2) is 0 Å². The van der Waals surface area contributed by atoms with Crippen LogP contribution in [0.3, 0.4) is 0 Å². The summed E-state index contributed by atoms with van der Waals surface area (Å²) in [6, 6.07) is 0. The van der Waals surface area contributed by atoms with Crippen LogP contribution in [0.4, 0.5) is 0 Å². The van der Waals surface area contributed by atoms with Crippen LogP contribution < -0.4 is 5.32 Å². The van der Waals surface area contributed by atoms with Gasteiger partial charge in [-0.15, -0.1) is 0 Å². The minimum absolute atomic E-state index is 0.0627. The molecule has 0 aromatic rings. The van der Waals surface area contributed by atoms with Crippen LogP contribution in [0.25, 0.3) is 0 Å². The van der Waals surface area contributed by atoms with Crippen LogP contribution in [0.1, 0.15) is 58.8 Å². The molecule has 0 aliphatic heterocycles. The van der Waals surface area contributed by atoms with E-state index in [0.717, 1.165) is 18.2 Å². The third kappa shape index (κ3) is 6.12. The fourth-order valence-electron chi connectivity index (χ4n) is 2.57. The molecule has 1 unspecified atom stereocenters. The van der Waals surface area contributed by atoms with Gasteiger partial charge in [0.15, 0.2) is 0 Å². The predicted octanol–water partition coefficient (Wildman–Crippen LogP) is 3.19. The number of aliphatic hydroxyl groups is 1. The molecule has 3 heteroatoms. The quantitative estimate of drug-likeness (QED) is 0.624. The molecule has 1 rings (SSSR count). The number of likely N-dealkylation sites (N-methyl/N-ethyl adjacent to an activating group) is 1. The van der Waals surface area contributed by atoms with Crippen molar-refractivity contribution < 1.29 is 5.11 Å². The molecule has 0 aromatic carbocycles. The molecular weight excluding hydrogens is 230 g/mol. The number of nitrogens with one attached hydrogen (secondary N) is 1. The summed E-state index contributed by atoms with van der Waals surface area (Å²) in [5.74, 6) is 1.30. The molecule has 0 heterocycles. The lowest BCUT2D eigenvalue weighted by molar-refractivity contribution is 0.165. The maximum absolute atomic E-state index is 9.38. The normalized spacial score (nSPS) is 20.6. The van der Waals surface area contributed by atoms with Gasteiger partial charge in [-0.05, 0) is 44.9 Å². The summed E-state index contributed by atoms with van der Waals surface area (Å²) in [6.45, 7) is 5.41. The zero-order valence-electron chi connectivity index (χ0n) is 11.5. The van der Waals surface area contributed by atoms with E-state index in [-0.39, 0.29) is 12.1 Å². The Balaban J connectivity index is 2.01. The maximum atomic E-state index is 9.38. The second-order valence-electron chi connectivity index (χ2n) is 5.48. The Morgan fingerprint density at radius 2 is 2.00 bits per heavy atom. The molecule has 0 spiro atoms. The van der Waals surface area contributed by atoms with Gasteiger partial charge in [0, 0.05) is 10.8 Å². The number of unbranched alkanes of at least 4 members (excludes halogenated alkanes) is 1. The van der Waals surface area contributed by atoms with E-state index in [0.29, 0.717) is 0 Å². The molecule has 102 valence electrons. The van der Waals surface area contributed by atoms with Gasteiger partial charge in [0.1, 0.15) is 0 Å². The average molecular weight is 259 g/mol. The van der Waals surface area contributed by atoms with Crippen molar-refractivity contribution in [2.24, 2.45) is 0 Å². The van der Waals surface area contributed by atoms with Gasteiger partial charge in [-0.1, -0.05) is 26.2 Å². The van der Waals surface area contributed by atoms with E-state index in [1.54, 1.807) is 0 Å². The molecular formula is C14H29NOS. The number of hydrogen-bond acceptors (Lipinski definition) is 3. The number of hydrogen-bond donors (Lipinski definition) is 2. The van der Waals surface area contributed by atoms with Crippen molar-refractivity contribution in [2.45, 2.75) is 69.6 Å². The SMILES string of the molecule is CCNC(C)(CO)CCCCSC1CCCC1. The Labute approximate surface area is 111 Å². The number of thioether (sulfide) groups is 1. The first-order chi connectivity index (χ1) is 8.20. The van der Waals surface area contributed by atoms with Crippen molar-refractivity contribution in [1.29, 1.82) is 0 Å². The second-order valence-corrected chi connectivity index (χ2v) is 6.89. The van der Waals surface area contributed by atoms with Crippen molar-refractivity contribution in [1.82, 2.24) is 5.32 Å². The zero-order chi connectivity index (χ0) is 12.6. The van der Waals surface area contributed by atoms with Crippen molar-refractivity contribution in [3.63, 3.8) is 0 Å². The van der Waals surface area contributed by atoms with Gasteiger partial charge in [-0.2, -0.15) is 11.8 Å². The molecule has 0 aromatic heterocycles. The molecule has 1 saturated carbocycles. The van der Waals surface area contributed by atoms with Crippen molar-refractivity contribution in [2.75, 3.05) is 18.9 Å². The second kappa shape index (κ2) is 8.39. The van der Waals surface area contributed by atoms with Crippen LogP contribution >= 0.6 is 11.8 Å². The largest absolute Gasteiger partial charge is 0.394 e. The number of rotatable bonds is 9. The lowest BCUT2D eigenvalue weighted by Crippen LogP contribution is -2.45. The van der Waals surface area contributed by atoms with E-state index in [4.69, 9.17) is 0 Å². The van der Waals surface area contributed by atoms with Crippen molar-refractivity contribution >= 4 is 11.8 Å². The first-order valence-corrected chi connectivity index (χ1v) is 8.22. The van der Waals surface area contributed by atoms with E-state index in [9.17, 15) is 5.11 Å². The summed E-state index contributed by atoms with van der Waals surface area (Å²) < 4.78 is 0. The Morgan fingerprint density at radius 1 is 1.29 bits per heavy atom. The van der Waals surface area contributed by atoms with E-state index >= 15 is 0 Å². The Bertz CT molecular complexity index is 195. The van der Waals surface area contributed by atoms with Gasteiger partial charge in [0.2, 0.25) is 0 Å². The minimum Gasteiger partial charge on any atom is -0.394 e. The Kier molecular flexibility index (Phi) is 7.56. The Morgan fingerprint density at radius 3 is 2.59 bits per heavy atom. The molecule has 0 amide bonds. The summed E-state index contributed by atoms with van der Waals surface area (Å²) >= 11 is 2.17. The molecule has 1 aliphatic carbocycles. The molecule has 1 fully saturated rings. The van der Waals surface area contributed by atoms with Crippen LogP contribution in [-0.2, 0) is 0 Å². The number of aliphatic hydroxyl groups excluding tert-OH is 1. The van der Waals surface area contributed by atoms with Gasteiger partial charge in [-0.3, -0.25) is 0 Å². The molecule has 0 saturated heterocycles. The smallest absolute Gasteiger partial charge is 0.0610 e. The standard InChI is InChI=1S/C14H29NOS/c1-3-15-14(2,12-16)10-6-7-11-17-13-8-4-5-9-13/h13,15-16H,3-12H2,1-2H3. The monoisotopic (exact) mass is 259 g/mol. The van der Waals surface area contributed by atoms with Crippen LogP contribution in [0.15, 0.2) is 0 Å². The maximum Gasteiger partial charge on any atom is 0.0610 e. The third-order valence-electron chi connectivity index (χ3n) is 3.73. The molecule has 2 N–H and O–H groups in total. The predicted molar refractivity (Wildman–Crippen MR) is 77.7 cm³/mol. The highest BCUT2D eigenvalue weighted by Crippen LogP contribution is 2.30. The average Bonchev–Trinajstić information content (AvgIpc) is 2.82.